The van der Waals surface area contributed by atoms with Gasteiger partial charge in [-0.2, -0.15) is 0 Å². The van der Waals surface area contributed by atoms with Gasteiger partial charge in [-0.05, 0) is 29.9 Å². The Kier molecular flexibility index (Phi) is 1.90. The van der Waals surface area contributed by atoms with Crippen LogP contribution in [0.1, 0.15) is 50.8 Å². The molecule has 0 aliphatic heterocycles. The molecule has 0 amide bonds. The topological polar surface area (TPSA) is 12.9 Å². The summed E-state index contributed by atoms with van der Waals surface area (Å²) >= 11 is 0. The molecule has 1 saturated carbocycles. The van der Waals surface area contributed by atoms with E-state index in [1.807, 2.05) is 6.20 Å². The largest absolute Gasteiger partial charge is 0.261 e. The molecule has 1 heteroatoms. The number of aromatic nitrogens is 1. The number of hydrogen-bond acceptors (Lipinski definition) is 1. The molecule has 0 spiro atoms. The molecule has 1 aliphatic carbocycles. The van der Waals surface area contributed by atoms with Crippen LogP contribution < -0.4 is 0 Å². The van der Waals surface area contributed by atoms with Crippen molar-refractivity contribution in [1.82, 2.24) is 4.98 Å². The first-order chi connectivity index (χ1) is 6.07. The first kappa shape index (κ1) is 8.74. The average Bonchev–Trinajstić information content (AvgIpc) is 2.85. The van der Waals surface area contributed by atoms with E-state index in [1.165, 1.54) is 24.1 Å². The van der Waals surface area contributed by atoms with Crippen molar-refractivity contribution >= 4 is 0 Å². The molecule has 1 aromatic heterocycles. The van der Waals surface area contributed by atoms with Crippen molar-refractivity contribution < 1.29 is 0 Å². The van der Waals surface area contributed by atoms with Crippen molar-refractivity contribution in [3.63, 3.8) is 0 Å². The zero-order valence-corrected chi connectivity index (χ0v) is 8.67. The molecule has 0 unspecified atom stereocenters. The summed E-state index contributed by atoms with van der Waals surface area (Å²) in [7, 11) is 0. The molecule has 2 rings (SSSR count). The Morgan fingerprint density at radius 2 is 1.92 bits per heavy atom. The van der Waals surface area contributed by atoms with Crippen LogP contribution in [0.15, 0.2) is 18.3 Å². The Labute approximate surface area is 80.2 Å². The van der Waals surface area contributed by atoms with Crippen molar-refractivity contribution in [3.8, 4) is 0 Å². The predicted molar refractivity (Wildman–Crippen MR) is 54.9 cm³/mol. The standard InChI is InChI=1S/C12H17N/c1-12(2,3)10-6-7-11(13-8-10)9-4-5-9/h6-9H,4-5H2,1-3H3. The van der Waals surface area contributed by atoms with Crippen molar-refractivity contribution in [1.29, 1.82) is 0 Å². The highest BCUT2D eigenvalue weighted by Gasteiger charge is 2.25. The Morgan fingerprint density at radius 1 is 1.23 bits per heavy atom. The smallest absolute Gasteiger partial charge is 0.0434 e. The van der Waals surface area contributed by atoms with Crippen LogP contribution in [0.5, 0.6) is 0 Å². The van der Waals surface area contributed by atoms with Gasteiger partial charge in [0.15, 0.2) is 0 Å². The summed E-state index contributed by atoms with van der Waals surface area (Å²) in [5.41, 5.74) is 2.85. The lowest BCUT2D eigenvalue weighted by molar-refractivity contribution is 0.586. The summed E-state index contributed by atoms with van der Waals surface area (Å²) in [5, 5.41) is 0. The first-order valence-electron chi connectivity index (χ1n) is 5.04. The third kappa shape index (κ3) is 1.90. The van der Waals surface area contributed by atoms with Gasteiger partial charge in [0.05, 0.1) is 0 Å². The number of hydrogen-bond donors (Lipinski definition) is 0. The van der Waals surface area contributed by atoms with Gasteiger partial charge >= 0.3 is 0 Å². The fourth-order valence-electron chi connectivity index (χ4n) is 1.47. The maximum atomic E-state index is 4.51. The SMILES string of the molecule is CC(C)(C)c1ccc(C2CC2)nc1. The summed E-state index contributed by atoms with van der Waals surface area (Å²) in [6.07, 6.45) is 4.71. The van der Waals surface area contributed by atoms with Crippen molar-refractivity contribution in [2.75, 3.05) is 0 Å². The number of nitrogens with zero attached hydrogens (tertiary/aromatic N) is 1. The van der Waals surface area contributed by atoms with Gasteiger partial charge in [0, 0.05) is 17.8 Å². The van der Waals surface area contributed by atoms with E-state index in [0.717, 1.165) is 5.92 Å². The van der Waals surface area contributed by atoms with E-state index in [9.17, 15) is 0 Å². The molecular formula is C12H17N. The number of pyridine rings is 1. The molecule has 1 aliphatic rings. The zero-order valence-electron chi connectivity index (χ0n) is 8.67. The van der Waals surface area contributed by atoms with Gasteiger partial charge in [0.1, 0.15) is 0 Å². The summed E-state index contributed by atoms with van der Waals surface area (Å²) in [6.45, 7) is 6.67. The van der Waals surface area contributed by atoms with Gasteiger partial charge in [-0.15, -0.1) is 0 Å². The molecule has 1 fully saturated rings. The van der Waals surface area contributed by atoms with Crippen molar-refractivity contribution in [2.45, 2.75) is 44.9 Å². The highest BCUT2D eigenvalue weighted by atomic mass is 14.7. The summed E-state index contributed by atoms with van der Waals surface area (Å²) in [6, 6.07) is 4.42. The summed E-state index contributed by atoms with van der Waals surface area (Å²) in [5.74, 6) is 0.772. The van der Waals surface area contributed by atoms with E-state index in [0.29, 0.717) is 0 Å². The van der Waals surface area contributed by atoms with Crippen LogP contribution in [-0.4, -0.2) is 4.98 Å². The predicted octanol–water partition coefficient (Wildman–Crippen LogP) is 3.26. The van der Waals surface area contributed by atoms with Crippen LogP contribution in [0.4, 0.5) is 0 Å². The molecule has 1 aromatic rings. The van der Waals surface area contributed by atoms with E-state index in [1.54, 1.807) is 0 Å². The molecular weight excluding hydrogens is 158 g/mol. The quantitative estimate of drug-likeness (QED) is 0.638. The van der Waals surface area contributed by atoms with E-state index in [2.05, 4.69) is 37.9 Å². The van der Waals surface area contributed by atoms with Gasteiger partial charge in [0.25, 0.3) is 0 Å². The van der Waals surface area contributed by atoms with E-state index >= 15 is 0 Å². The van der Waals surface area contributed by atoms with Crippen LogP contribution in [0.2, 0.25) is 0 Å². The Hall–Kier alpha value is -0.850. The Bertz CT molecular complexity index is 288. The third-order valence-electron chi connectivity index (χ3n) is 2.65. The van der Waals surface area contributed by atoms with E-state index < -0.39 is 0 Å². The molecule has 1 nitrogen and oxygen atoms in total. The normalized spacial score (nSPS) is 17.5. The summed E-state index contributed by atoms with van der Waals surface area (Å²) < 4.78 is 0. The fraction of sp³-hybridized carbons (Fsp3) is 0.583. The van der Waals surface area contributed by atoms with E-state index in [4.69, 9.17) is 0 Å². The van der Waals surface area contributed by atoms with Gasteiger partial charge in [-0.1, -0.05) is 26.8 Å². The third-order valence-corrected chi connectivity index (χ3v) is 2.65. The van der Waals surface area contributed by atoms with Gasteiger partial charge in [-0.3, -0.25) is 4.98 Å². The molecule has 1 heterocycles. The molecule has 0 aromatic carbocycles. The zero-order chi connectivity index (χ0) is 9.47. The molecule has 0 bridgehead atoms. The van der Waals surface area contributed by atoms with E-state index in [-0.39, 0.29) is 5.41 Å². The van der Waals surface area contributed by atoms with Crippen molar-refractivity contribution in [2.24, 2.45) is 0 Å². The fourth-order valence-corrected chi connectivity index (χ4v) is 1.47. The van der Waals surface area contributed by atoms with Gasteiger partial charge in [-0.25, -0.2) is 0 Å². The molecule has 0 atom stereocenters. The monoisotopic (exact) mass is 175 g/mol. The molecule has 70 valence electrons. The van der Waals surface area contributed by atoms with Crippen LogP contribution >= 0.6 is 0 Å². The second-order valence-corrected chi connectivity index (χ2v) is 5.00. The maximum Gasteiger partial charge on any atom is 0.0434 e. The number of rotatable bonds is 1. The molecule has 0 radical (unpaired) electrons. The minimum Gasteiger partial charge on any atom is -0.261 e. The van der Waals surface area contributed by atoms with Crippen LogP contribution in [0.3, 0.4) is 0 Å². The first-order valence-corrected chi connectivity index (χ1v) is 5.04. The highest BCUT2D eigenvalue weighted by Crippen LogP contribution is 2.39. The second-order valence-electron chi connectivity index (χ2n) is 5.00. The average molecular weight is 175 g/mol. The summed E-state index contributed by atoms with van der Waals surface area (Å²) in [4.78, 5) is 4.51. The molecule has 13 heavy (non-hydrogen) atoms. The van der Waals surface area contributed by atoms with Crippen molar-refractivity contribution in [3.05, 3.63) is 29.6 Å². The molecule has 0 N–H and O–H groups in total. The van der Waals surface area contributed by atoms with Gasteiger partial charge < -0.3 is 0 Å². The lowest BCUT2D eigenvalue weighted by Gasteiger charge is -2.18. The minimum absolute atomic E-state index is 0.231. The minimum atomic E-state index is 0.231. The lowest BCUT2D eigenvalue weighted by atomic mass is 9.88. The Morgan fingerprint density at radius 3 is 2.31 bits per heavy atom. The maximum absolute atomic E-state index is 4.51. The second kappa shape index (κ2) is 2.83. The molecule has 0 saturated heterocycles. The lowest BCUT2D eigenvalue weighted by Crippen LogP contribution is -2.11. The van der Waals surface area contributed by atoms with Crippen LogP contribution in [0.25, 0.3) is 0 Å². The Balaban J connectivity index is 2.22. The van der Waals surface area contributed by atoms with Crippen LogP contribution in [0, 0.1) is 0 Å². The van der Waals surface area contributed by atoms with Crippen LogP contribution in [-0.2, 0) is 5.41 Å². The van der Waals surface area contributed by atoms with Gasteiger partial charge in [0.2, 0.25) is 0 Å². The highest BCUT2D eigenvalue weighted by molar-refractivity contribution is 5.24.